The fraction of sp³-hybridized carbons (Fsp3) is 0.111. The van der Waals surface area contributed by atoms with Crippen molar-refractivity contribution in [1.29, 1.82) is 0 Å². The van der Waals surface area contributed by atoms with E-state index < -0.39 is 17.7 Å². The lowest BCUT2D eigenvalue weighted by atomic mass is 10.2. The van der Waals surface area contributed by atoms with Crippen molar-refractivity contribution in [2.45, 2.75) is 6.92 Å². The average molecular weight is 355 g/mol. The number of rotatable bonds is 5. The number of carbonyl (C=O) groups excluding carboxylic acids is 2. The molecule has 132 valence electrons. The molecule has 0 aliphatic rings. The predicted octanol–water partition coefficient (Wildman–Crippen LogP) is 3.30. The third kappa shape index (κ3) is 3.92. The van der Waals surface area contributed by atoms with Crippen molar-refractivity contribution in [3.05, 3.63) is 65.8 Å². The maximum absolute atomic E-state index is 13.2. The minimum absolute atomic E-state index is 0.0345. The molecule has 1 aromatic heterocycles. The van der Waals surface area contributed by atoms with Gasteiger partial charge in [0.2, 0.25) is 5.89 Å². The van der Waals surface area contributed by atoms with Gasteiger partial charge in [0.15, 0.2) is 0 Å². The van der Waals surface area contributed by atoms with E-state index in [1.54, 1.807) is 25.1 Å². The van der Waals surface area contributed by atoms with E-state index in [0.717, 1.165) is 0 Å². The van der Waals surface area contributed by atoms with Crippen LogP contribution in [0.2, 0.25) is 0 Å². The van der Waals surface area contributed by atoms with E-state index in [-0.39, 0.29) is 18.4 Å². The Labute approximate surface area is 147 Å². The van der Waals surface area contributed by atoms with E-state index >= 15 is 0 Å². The molecule has 2 aromatic carbocycles. The van der Waals surface area contributed by atoms with Crippen LogP contribution < -0.4 is 5.32 Å². The van der Waals surface area contributed by atoms with Crippen molar-refractivity contribution in [1.82, 2.24) is 10.2 Å². The molecule has 0 fully saturated rings. The molecule has 0 unspecified atom stereocenters. The SMILES string of the molecule is CCOC(=O)c1ccc(NC(=O)c2nnc(-c3cccc(F)c3)o2)cc1. The standard InChI is InChI=1S/C18H14FN3O4/c1-2-25-18(24)11-6-8-14(9-7-11)20-15(23)17-22-21-16(26-17)12-4-3-5-13(19)10-12/h3-10H,2H2,1H3,(H,20,23). The summed E-state index contributed by atoms with van der Waals surface area (Å²) in [4.78, 5) is 23.8. The summed E-state index contributed by atoms with van der Waals surface area (Å²) in [6, 6.07) is 11.8. The fourth-order valence-electron chi connectivity index (χ4n) is 2.14. The van der Waals surface area contributed by atoms with Crippen molar-refractivity contribution >= 4 is 17.6 Å². The van der Waals surface area contributed by atoms with Crippen LogP contribution in [0.1, 0.15) is 28.0 Å². The number of amides is 1. The smallest absolute Gasteiger partial charge is 0.338 e. The number of nitrogens with zero attached hydrogens (tertiary/aromatic N) is 2. The summed E-state index contributed by atoms with van der Waals surface area (Å²) in [5.41, 5.74) is 1.18. The molecule has 0 radical (unpaired) electrons. The van der Waals surface area contributed by atoms with Gasteiger partial charge in [-0.05, 0) is 49.4 Å². The van der Waals surface area contributed by atoms with Crippen LogP contribution in [0, 0.1) is 5.82 Å². The molecule has 0 saturated heterocycles. The number of hydrogen-bond acceptors (Lipinski definition) is 6. The van der Waals surface area contributed by atoms with Crippen molar-refractivity contribution < 1.29 is 23.1 Å². The molecule has 8 heteroatoms. The first-order valence-electron chi connectivity index (χ1n) is 7.75. The summed E-state index contributed by atoms with van der Waals surface area (Å²) < 4.78 is 23.4. The Morgan fingerprint density at radius 3 is 2.62 bits per heavy atom. The zero-order valence-corrected chi connectivity index (χ0v) is 13.7. The molecule has 0 bridgehead atoms. The third-order valence-corrected chi connectivity index (χ3v) is 3.34. The summed E-state index contributed by atoms with van der Waals surface area (Å²) in [5, 5.41) is 9.98. The monoisotopic (exact) mass is 355 g/mol. The van der Waals surface area contributed by atoms with Gasteiger partial charge in [0, 0.05) is 11.3 Å². The highest BCUT2D eigenvalue weighted by Crippen LogP contribution is 2.19. The van der Waals surface area contributed by atoms with Gasteiger partial charge in [0.1, 0.15) is 5.82 Å². The van der Waals surface area contributed by atoms with Crippen LogP contribution >= 0.6 is 0 Å². The van der Waals surface area contributed by atoms with E-state index in [1.807, 2.05) is 0 Å². The van der Waals surface area contributed by atoms with Gasteiger partial charge in [-0.25, -0.2) is 9.18 Å². The zero-order valence-electron chi connectivity index (χ0n) is 13.7. The second-order valence-corrected chi connectivity index (χ2v) is 5.17. The molecule has 1 N–H and O–H groups in total. The Morgan fingerprint density at radius 2 is 1.92 bits per heavy atom. The normalized spacial score (nSPS) is 10.4. The fourth-order valence-corrected chi connectivity index (χ4v) is 2.14. The Bertz CT molecular complexity index is 938. The first-order valence-corrected chi connectivity index (χ1v) is 7.75. The van der Waals surface area contributed by atoms with Gasteiger partial charge in [0.25, 0.3) is 0 Å². The molecule has 7 nitrogen and oxygen atoms in total. The summed E-state index contributed by atoms with van der Waals surface area (Å²) >= 11 is 0. The lowest BCUT2D eigenvalue weighted by Gasteiger charge is -2.04. The van der Waals surface area contributed by atoms with Crippen molar-refractivity contribution in [2.75, 3.05) is 11.9 Å². The second-order valence-electron chi connectivity index (χ2n) is 5.17. The number of esters is 1. The topological polar surface area (TPSA) is 94.3 Å². The first-order chi connectivity index (χ1) is 12.6. The van der Waals surface area contributed by atoms with Crippen LogP contribution in [0.3, 0.4) is 0 Å². The molecule has 0 atom stereocenters. The zero-order chi connectivity index (χ0) is 18.5. The number of nitrogens with one attached hydrogen (secondary N) is 1. The van der Waals surface area contributed by atoms with E-state index in [2.05, 4.69) is 15.5 Å². The van der Waals surface area contributed by atoms with Crippen LogP contribution in [0.5, 0.6) is 0 Å². The number of hydrogen-bond donors (Lipinski definition) is 1. The van der Waals surface area contributed by atoms with Crippen molar-refractivity contribution in [2.24, 2.45) is 0 Å². The highest BCUT2D eigenvalue weighted by molar-refractivity contribution is 6.01. The first kappa shape index (κ1) is 17.3. The molecule has 1 amide bonds. The summed E-state index contributed by atoms with van der Waals surface area (Å²) in [5.74, 6) is -1.74. The molecule has 0 saturated carbocycles. The molecule has 1 heterocycles. The van der Waals surface area contributed by atoms with E-state index in [9.17, 15) is 14.0 Å². The maximum Gasteiger partial charge on any atom is 0.338 e. The minimum Gasteiger partial charge on any atom is -0.462 e. The van der Waals surface area contributed by atoms with Crippen molar-refractivity contribution in [3.63, 3.8) is 0 Å². The lowest BCUT2D eigenvalue weighted by Crippen LogP contribution is -2.12. The number of benzene rings is 2. The highest BCUT2D eigenvalue weighted by atomic mass is 19.1. The third-order valence-electron chi connectivity index (χ3n) is 3.34. The van der Waals surface area contributed by atoms with Crippen LogP contribution in [0.25, 0.3) is 11.5 Å². The molecule has 3 rings (SSSR count). The molecule has 0 spiro atoms. The molecule has 0 aliphatic carbocycles. The summed E-state index contributed by atoms with van der Waals surface area (Å²) in [7, 11) is 0. The van der Waals surface area contributed by atoms with Crippen molar-refractivity contribution in [3.8, 4) is 11.5 Å². The lowest BCUT2D eigenvalue weighted by molar-refractivity contribution is 0.0526. The van der Waals surface area contributed by atoms with Crippen LogP contribution in [0.15, 0.2) is 52.9 Å². The predicted molar refractivity (Wildman–Crippen MR) is 90.0 cm³/mol. The maximum atomic E-state index is 13.2. The Hall–Kier alpha value is -3.55. The summed E-state index contributed by atoms with van der Waals surface area (Å²) in [6.07, 6.45) is 0. The molecule has 3 aromatic rings. The highest BCUT2D eigenvalue weighted by Gasteiger charge is 2.16. The van der Waals surface area contributed by atoms with Gasteiger partial charge in [-0.1, -0.05) is 6.07 Å². The number of halogens is 1. The van der Waals surface area contributed by atoms with Crippen LogP contribution in [-0.2, 0) is 4.74 Å². The number of ether oxygens (including phenoxy) is 1. The Morgan fingerprint density at radius 1 is 1.15 bits per heavy atom. The van der Waals surface area contributed by atoms with E-state index in [0.29, 0.717) is 16.8 Å². The molecular weight excluding hydrogens is 341 g/mol. The molecule has 26 heavy (non-hydrogen) atoms. The number of aromatic nitrogens is 2. The van der Waals surface area contributed by atoms with Gasteiger partial charge in [-0.3, -0.25) is 4.79 Å². The van der Waals surface area contributed by atoms with Gasteiger partial charge in [-0.15, -0.1) is 10.2 Å². The average Bonchev–Trinajstić information content (AvgIpc) is 3.13. The number of carbonyl (C=O) groups is 2. The van der Waals surface area contributed by atoms with Gasteiger partial charge >= 0.3 is 17.8 Å². The van der Waals surface area contributed by atoms with Crippen LogP contribution in [0.4, 0.5) is 10.1 Å². The van der Waals surface area contributed by atoms with E-state index in [1.165, 1.54) is 30.3 Å². The molecular formula is C18H14FN3O4. The Kier molecular flexibility index (Phi) is 5.02. The van der Waals surface area contributed by atoms with Gasteiger partial charge in [0.05, 0.1) is 12.2 Å². The minimum atomic E-state index is -0.621. The Balaban J connectivity index is 1.70. The second kappa shape index (κ2) is 7.56. The van der Waals surface area contributed by atoms with Crippen LogP contribution in [-0.4, -0.2) is 28.7 Å². The largest absolute Gasteiger partial charge is 0.462 e. The van der Waals surface area contributed by atoms with Gasteiger partial charge < -0.3 is 14.5 Å². The number of anilines is 1. The quantitative estimate of drug-likeness (QED) is 0.706. The molecule has 0 aliphatic heterocycles. The van der Waals surface area contributed by atoms with Gasteiger partial charge in [-0.2, -0.15) is 0 Å². The van der Waals surface area contributed by atoms with E-state index in [4.69, 9.17) is 9.15 Å². The summed E-state index contributed by atoms with van der Waals surface area (Å²) in [6.45, 7) is 2.00.